The standard InChI is InChI=1S/C17H25ClN6OS.HI/c1-22(2)16(25)11-21-17(19-8-7-13-6-5-9-26-13)23(3)12-15-20-10-14(18)24(15)4;/h5-6,9-10H,7-8,11-12H2,1-4H3,(H,19,21);1H. The van der Waals surface area contributed by atoms with Gasteiger partial charge in [-0.15, -0.1) is 35.3 Å². The molecule has 27 heavy (non-hydrogen) atoms. The molecular formula is C17H26ClIN6OS. The third kappa shape index (κ3) is 7.30. The van der Waals surface area contributed by atoms with Gasteiger partial charge in [-0.05, 0) is 17.9 Å². The smallest absolute Gasteiger partial charge is 0.243 e. The fourth-order valence-electron chi connectivity index (χ4n) is 2.21. The van der Waals surface area contributed by atoms with Crippen molar-refractivity contribution in [3.8, 4) is 0 Å². The number of aliphatic imine (C=N–C) groups is 1. The van der Waals surface area contributed by atoms with Crippen LogP contribution in [0.5, 0.6) is 0 Å². The quantitative estimate of drug-likeness (QED) is 0.343. The van der Waals surface area contributed by atoms with Crippen LogP contribution in [0.3, 0.4) is 0 Å². The van der Waals surface area contributed by atoms with Gasteiger partial charge in [-0.1, -0.05) is 17.7 Å². The van der Waals surface area contributed by atoms with Crippen LogP contribution < -0.4 is 5.32 Å². The van der Waals surface area contributed by atoms with Gasteiger partial charge in [0.25, 0.3) is 0 Å². The largest absolute Gasteiger partial charge is 0.356 e. The van der Waals surface area contributed by atoms with Crippen molar-refractivity contribution in [3.05, 3.63) is 39.6 Å². The number of carbonyl (C=O) groups is 1. The summed E-state index contributed by atoms with van der Waals surface area (Å²) < 4.78 is 1.83. The molecule has 10 heteroatoms. The maximum Gasteiger partial charge on any atom is 0.243 e. The average molecular weight is 525 g/mol. The molecule has 0 atom stereocenters. The number of halogens is 2. The van der Waals surface area contributed by atoms with Crippen LogP contribution in [0.1, 0.15) is 10.7 Å². The monoisotopic (exact) mass is 524 g/mol. The molecule has 0 fully saturated rings. The molecule has 1 amide bonds. The van der Waals surface area contributed by atoms with Crippen molar-refractivity contribution < 1.29 is 4.79 Å². The van der Waals surface area contributed by atoms with Gasteiger partial charge in [0.2, 0.25) is 5.91 Å². The lowest BCUT2D eigenvalue weighted by molar-refractivity contribution is -0.127. The first-order chi connectivity index (χ1) is 12.4. The summed E-state index contributed by atoms with van der Waals surface area (Å²) in [5.74, 6) is 1.44. The second-order valence-corrected chi connectivity index (χ2v) is 7.52. The molecule has 7 nitrogen and oxygen atoms in total. The van der Waals surface area contributed by atoms with E-state index in [4.69, 9.17) is 11.6 Å². The zero-order valence-corrected chi connectivity index (χ0v) is 19.9. The topological polar surface area (TPSA) is 65.8 Å². The number of hydrogen-bond donors (Lipinski definition) is 1. The first-order valence-electron chi connectivity index (χ1n) is 8.26. The number of amides is 1. The maximum absolute atomic E-state index is 11.9. The molecule has 2 aromatic heterocycles. The predicted octanol–water partition coefficient (Wildman–Crippen LogP) is 2.46. The number of imidazole rings is 1. The molecule has 0 aromatic carbocycles. The fraction of sp³-hybridized carbons (Fsp3) is 0.471. The Morgan fingerprint density at radius 3 is 2.70 bits per heavy atom. The van der Waals surface area contributed by atoms with Gasteiger partial charge in [-0.25, -0.2) is 9.98 Å². The lowest BCUT2D eigenvalue weighted by Gasteiger charge is -2.22. The van der Waals surface area contributed by atoms with Gasteiger partial charge in [0.15, 0.2) is 5.96 Å². The first kappa shape index (κ1) is 23.7. The van der Waals surface area contributed by atoms with E-state index < -0.39 is 0 Å². The van der Waals surface area contributed by atoms with Crippen LogP contribution in [-0.2, 0) is 24.8 Å². The predicted molar refractivity (Wildman–Crippen MR) is 122 cm³/mol. The third-order valence-corrected chi connectivity index (χ3v) is 5.15. The van der Waals surface area contributed by atoms with Crippen molar-refractivity contribution in [2.75, 3.05) is 34.2 Å². The van der Waals surface area contributed by atoms with Crippen LogP contribution in [0.25, 0.3) is 0 Å². The van der Waals surface area contributed by atoms with E-state index >= 15 is 0 Å². The van der Waals surface area contributed by atoms with Gasteiger partial charge >= 0.3 is 0 Å². The highest BCUT2D eigenvalue weighted by atomic mass is 127. The zero-order chi connectivity index (χ0) is 19.1. The third-order valence-electron chi connectivity index (χ3n) is 3.87. The number of hydrogen-bond acceptors (Lipinski definition) is 4. The molecule has 0 unspecified atom stereocenters. The highest BCUT2D eigenvalue weighted by Crippen LogP contribution is 2.11. The number of aromatic nitrogens is 2. The molecule has 150 valence electrons. The van der Waals surface area contributed by atoms with E-state index in [2.05, 4.69) is 26.7 Å². The Morgan fingerprint density at radius 2 is 2.15 bits per heavy atom. The minimum atomic E-state index is -0.0454. The number of guanidine groups is 1. The minimum Gasteiger partial charge on any atom is -0.356 e. The Hall–Kier alpha value is -1.33. The molecule has 0 aliphatic heterocycles. The highest BCUT2D eigenvalue weighted by molar-refractivity contribution is 14.0. The normalized spacial score (nSPS) is 11.1. The van der Waals surface area contributed by atoms with Crippen molar-refractivity contribution in [2.45, 2.75) is 13.0 Å². The summed E-state index contributed by atoms with van der Waals surface area (Å²) in [6.07, 6.45) is 2.53. The van der Waals surface area contributed by atoms with Crippen LogP contribution in [0, 0.1) is 0 Å². The van der Waals surface area contributed by atoms with Gasteiger partial charge < -0.3 is 19.7 Å². The van der Waals surface area contributed by atoms with E-state index in [0.29, 0.717) is 17.7 Å². The Morgan fingerprint density at radius 1 is 1.41 bits per heavy atom. The SMILES string of the molecule is CN(C)C(=O)CN=C(NCCc1cccs1)N(C)Cc1ncc(Cl)n1C.I. The van der Waals surface area contributed by atoms with Crippen molar-refractivity contribution in [2.24, 2.45) is 12.0 Å². The van der Waals surface area contributed by atoms with Gasteiger partial charge in [0.05, 0.1) is 12.7 Å². The zero-order valence-electron chi connectivity index (χ0n) is 16.0. The molecule has 2 aromatic rings. The van der Waals surface area contributed by atoms with Crippen LogP contribution in [-0.4, -0.2) is 65.5 Å². The minimum absolute atomic E-state index is 0. The van der Waals surface area contributed by atoms with Crippen LogP contribution >= 0.6 is 46.9 Å². The molecule has 0 spiro atoms. The second-order valence-electron chi connectivity index (χ2n) is 6.10. The molecule has 0 aliphatic rings. The summed E-state index contributed by atoms with van der Waals surface area (Å²) in [5.41, 5.74) is 0. The second kappa shape index (κ2) is 11.5. The number of thiophene rings is 1. The van der Waals surface area contributed by atoms with Gasteiger partial charge in [0, 0.05) is 39.6 Å². The number of nitrogens with zero attached hydrogens (tertiary/aromatic N) is 5. The van der Waals surface area contributed by atoms with Crippen LogP contribution in [0.4, 0.5) is 0 Å². The lowest BCUT2D eigenvalue weighted by Crippen LogP contribution is -2.40. The summed E-state index contributed by atoms with van der Waals surface area (Å²) in [6, 6.07) is 4.15. The lowest BCUT2D eigenvalue weighted by atomic mass is 10.3. The Bertz CT molecular complexity index is 747. The molecule has 0 saturated heterocycles. The summed E-state index contributed by atoms with van der Waals surface area (Å²) in [4.78, 5) is 25.5. The number of rotatable bonds is 7. The molecule has 2 heterocycles. The molecule has 0 saturated carbocycles. The van der Waals surface area contributed by atoms with Crippen LogP contribution in [0.15, 0.2) is 28.7 Å². The van der Waals surface area contributed by atoms with Gasteiger partial charge in [-0.3, -0.25) is 4.79 Å². The number of carbonyl (C=O) groups excluding carboxylic acids is 1. The fourth-order valence-corrected chi connectivity index (χ4v) is 3.06. The average Bonchev–Trinajstić information content (AvgIpc) is 3.22. The van der Waals surface area contributed by atoms with E-state index in [1.165, 1.54) is 9.78 Å². The van der Waals surface area contributed by atoms with E-state index in [-0.39, 0.29) is 36.4 Å². The Balaban J connectivity index is 0.00000364. The van der Waals surface area contributed by atoms with Crippen LogP contribution in [0.2, 0.25) is 5.15 Å². The summed E-state index contributed by atoms with van der Waals surface area (Å²) in [5, 5.41) is 5.99. The summed E-state index contributed by atoms with van der Waals surface area (Å²) in [6.45, 7) is 1.37. The Labute approximate surface area is 186 Å². The number of nitrogens with one attached hydrogen (secondary N) is 1. The molecule has 0 aliphatic carbocycles. The molecule has 0 radical (unpaired) electrons. The molecule has 2 rings (SSSR count). The highest BCUT2D eigenvalue weighted by Gasteiger charge is 2.13. The van der Waals surface area contributed by atoms with Gasteiger partial charge in [-0.2, -0.15) is 0 Å². The van der Waals surface area contributed by atoms with Gasteiger partial charge in [0.1, 0.15) is 17.5 Å². The van der Waals surface area contributed by atoms with Crippen molar-refractivity contribution in [1.82, 2.24) is 24.7 Å². The van der Waals surface area contributed by atoms with Crippen molar-refractivity contribution >= 4 is 58.8 Å². The summed E-state index contributed by atoms with van der Waals surface area (Å²) >= 11 is 7.79. The molecular weight excluding hydrogens is 499 g/mol. The van der Waals surface area contributed by atoms with Crippen molar-refractivity contribution in [1.29, 1.82) is 0 Å². The first-order valence-corrected chi connectivity index (χ1v) is 9.52. The number of likely N-dealkylation sites (N-methyl/N-ethyl adjacent to an activating group) is 1. The van der Waals surface area contributed by atoms with E-state index in [1.54, 1.807) is 31.6 Å². The maximum atomic E-state index is 11.9. The van der Waals surface area contributed by atoms with E-state index in [1.807, 2.05) is 29.6 Å². The van der Waals surface area contributed by atoms with E-state index in [0.717, 1.165) is 18.8 Å². The Kier molecular flexibility index (Phi) is 10.1. The van der Waals surface area contributed by atoms with E-state index in [9.17, 15) is 4.79 Å². The molecule has 1 N–H and O–H groups in total. The molecule has 0 bridgehead atoms. The van der Waals surface area contributed by atoms with Crippen molar-refractivity contribution in [3.63, 3.8) is 0 Å². The summed E-state index contributed by atoms with van der Waals surface area (Å²) in [7, 11) is 7.23.